The SMILES string of the molecule is COc1ccc(C2=CC(c3ccc(C)cc3)N(S(C)(=O)=O)N2)cc1. The highest BCUT2D eigenvalue weighted by Crippen LogP contribution is 2.33. The molecule has 0 spiro atoms. The topological polar surface area (TPSA) is 58.6 Å². The summed E-state index contributed by atoms with van der Waals surface area (Å²) < 4.78 is 30.8. The van der Waals surface area contributed by atoms with Crippen molar-refractivity contribution >= 4 is 15.7 Å². The fraction of sp³-hybridized carbons (Fsp3) is 0.222. The normalized spacial score (nSPS) is 18.1. The van der Waals surface area contributed by atoms with E-state index in [9.17, 15) is 8.42 Å². The molecule has 0 fully saturated rings. The molecule has 0 aliphatic carbocycles. The first-order valence-corrected chi connectivity index (χ1v) is 9.42. The maximum atomic E-state index is 12.2. The summed E-state index contributed by atoms with van der Waals surface area (Å²) in [5.41, 5.74) is 6.73. The molecule has 2 aromatic carbocycles. The molecule has 0 aromatic heterocycles. The van der Waals surface area contributed by atoms with Crippen molar-refractivity contribution in [1.82, 2.24) is 9.84 Å². The fourth-order valence-electron chi connectivity index (χ4n) is 2.67. The Morgan fingerprint density at radius 3 is 2.21 bits per heavy atom. The molecule has 1 N–H and O–H groups in total. The summed E-state index contributed by atoms with van der Waals surface area (Å²) in [7, 11) is -1.81. The first-order chi connectivity index (χ1) is 11.4. The molecule has 1 heterocycles. The molecule has 1 unspecified atom stereocenters. The van der Waals surface area contributed by atoms with Gasteiger partial charge in [0.15, 0.2) is 0 Å². The zero-order valence-corrected chi connectivity index (χ0v) is 14.7. The van der Waals surface area contributed by atoms with Crippen molar-refractivity contribution in [2.24, 2.45) is 0 Å². The van der Waals surface area contributed by atoms with Gasteiger partial charge in [-0.2, -0.15) is 0 Å². The van der Waals surface area contributed by atoms with Gasteiger partial charge < -0.3 is 10.2 Å². The highest BCUT2D eigenvalue weighted by molar-refractivity contribution is 7.88. The molecule has 0 saturated heterocycles. The zero-order valence-electron chi connectivity index (χ0n) is 13.9. The lowest BCUT2D eigenvalue weighted by Gasteiger charge is -2.23. The van der Waals surface area contributed by atoms with Gasteiger partial charge in [-0.25, -0.2) is 8.42 Å². The number of nitrogens with zero attached hydrogens (tertiary/aromatic N) is 1. The molecule has 0 saturated carbocycles. The number of methoxy groups -OCH3 is 1. The monoisotopic (exact) mass is 344 g/mol. The first kappa shape index (κ1) is 16.5. The molecule has 24 heavy (non-hydrogen) atoms. The van der Waals surface area contributed by atoms with Gasteiger partial charge in [0.25, 0.3) is 0 Å². The number of nitrogens with one attached hydrogen (secondary N) is 1. The van der Waals surface area contributed by atoms with Crippen LogP contribution in [0.5, 0.6) is 5.75 Å². The zero-order chi connectivity index (χ0) is 17.3. The van der Waals surface area contributed by atoms with Gasteiger partial charge in [-0.3, -0.25) is 0 Å². The summed E-state index contributed by atoms with van der Waals surface area (Å²) in [5, 5.41) is 0. The number of aryl methyl sites for hydroxylation is 1. The van der Waals surface area contributed by atoms with Crippen LogP contribution in [0.4, 0.5) is 0 Å². The van der Waals surface area contributed by atoms with Crippen LogP contribution in [0.15, 0.2) is 54.6 Å². The number of benzene rings is 2. The number of hydrogen-bond donors (Lipinski definition) is 1. The Labute approximate surface area is 142 Å². The fourth-order valence-corrected chi connectivity index (χ4v) is 3.53. The van der Waals surface area contributed by atoms with Gasteiger partial charge in [-0.1, -0.05) is 29.8 Å². The smallest absolute Gasteiger partial charge is 0.228 e. The summed E-state index contributed by atoms with van der Waals surface area (Å²) in [4.78, 5) is 0. The molecule has 6 heteroatoms. The molecule has 1 aliphatic rings. The predicted molar refractivity (Wildman–Crippen MR) is 94.7 cm³/mol. The second-order valence-corrected chi connectivity index (χ2v) is 7.69. The van der Waals surface area contributed by atoms with Gasteiger partial charge in [0, 0.05) is 0 Å². The molecule has 2 aromatic rings. The van der Waals surface area contributed by atoms with Gasteiger partial charge in [0.1, 0.15) is 5.75 Å². The van der Waals surface area contributed by atoms with Gasteiger partial charge >= 0.3 is 0 Å². The second-order valence-electron chi connectivity index (χ2n) is 5.83. The maximum Gasteiger partial charge on any atom is 0.228 e. The lowest BCUT2D eigenvalue weighted by Crippen LogP contribution is -2.38. The van der Waals surface area contributed by atoms with E-state index in [1.807, 2.05) is 61.5 Å². The van der Waals surface area contributed by atoms with Crippen LogP contribution < -0.4 is 10.2 Å². The van der Waals surface area contributed by atoms with Crippen molar-refractivity contribution in [3.05, 3.63) is 71.3 Å². The Balaban J connectivity index is 1.99. The minimum absolute atomic E-state index is 0.377. The van der Waals surface area contributed by atoms with Crippen LogP contribution in [0.1, 0.15) is 22.7 Å². The molecule has 1 atom stereocenters. The first-order valence-electron chi connectivity index (χ1n) is 7.57. The number of sulfonamides is 1. The number of hydrazine groups is 1. The van der Waals surface area contributed by atoms with E-state index < -0.39 is 10.0 Å². The van der Waals surface area contributed by atoms with Gasteiger partial charge in [-0.15, -0.1) is 4.41 Å². The van der Waals surface area contributed by atoms with Crippen molar-refractivity contribution in [3.63, 3.8) is 0 Å². The molecule has 126 valence electrons. The third-order valence-electron chi connectivity index (χ3n) is 3.99. The van der Waals surface area contributed by atoms with E-state index in [4.69, 9.17) is 4.74 Å². The van der Waals surface area contributed by atoms with Crippen LogP contribution in [-0.4, -0.2) is 26.2 Å². The van der Waals surface area contributed by atoms with E-state index in [1.165, 1.54) is 10.7 Å². The van der Waals surface area contributed by atoms with E-state index in [0.717, 1.165) is 28.1 Å². The Bertz CT molecular complexity index is 856. The van der Waals surface area contributed by atoms with Crippen molar-refractivity contribution in [2.75, 3.05) is 13.4 Å². The third kappa shape index (κ3) is 3.29. The molecule has 0 radical (unpaired) electrons. The maximum absolute atomic E-state index is 12.2. The van der Waals surface area contributed by atoms with E-state index in [0.29, 0.717) is 0 Å². The van der Waals surface area contributed by atoms with E-state index in [1.54, 1.807) is 7.11 Å². The van der Waals surface area contributed by atoms with Crippen molar-refractivity contribution in [1.29, 1.82) is 0 Å². The Kier molecular flexibility index (Phi) is 4.34. The highest BCUT2D eigenvalue weighted by Gasteiger charge is 2.33. The summed E-state index contributed by atoms with van der Waals surface area (Å²) in [6.45, 7) is 2.00. The standard InChI is InChI=1S/C18H20N2O3S/c1-13-4-6-15(7-5-13)18-12-17(19-20(18)24(3,21)22)14-8-10-16(23-2)11-9-14/h4-12,18-19H,1-3H3. The van der Waals surface area contributed by atoms with E-state index >= 15 is 0 Å². The highest BCUT2D eigenvalue weighted by atomic mass is 32.2. The minimum Gasteiger partial charge on any atom is -0.497 e. The summed E-state index contributed by atoms with van der Waals surface area (Å²) in [6.07, 6.45) is 3.12. The van der Waals surface area contributed by atoms with Crippen LogP contribution in [0, 0.1) is 6.92 Å². The molecule has 1 aliphatic heterocycles. The van der Waals surface area contributed by atoms with Gasteiger partial charge in [0.2, 0.25) is 10.0 Å². The summed E-state index contributed by atoms with van der Waals surface area (Å²) in [5.74, 6) is 0.757. The Hall–Kier alpha value is -2.31. The Morgan fingerprint density at radius 1 is 1.04 bits per heavy atom. The second kappa shape index (κ2) is 6.30. The van der Waals surface area contributed by atoms with Crippen molar-refractivity contribution < 1.29 is 13.2 Å². The van der Waals surface area contributed by atoms with Crippen LogP contribution in [0.25, 0.3) is 5.70 Å². The molecule has 0 bridgehead atoms. The minimum atomic E-state index is -3.42. The number of ether oxygens (including phenoxy) is 1. The van der Waals surface area contributed by atoms with Crippen LogP contribution in [0.3, 0.4) is 0 Å². The Morgan fingerprint density at radius 2 is 1.67 bits per heavy atom. The lowest BCUT2D eigenvalue weighted by molar-refractivity contribution is 0.351. The lowest BCUT2D eigenvalue weighted by atomic mass is 10.0. The summed E-state index contributed by atoms with van der Waals surface area (Å²) in [6, 6.07) is 15.0. The van der Waals surface area contributed by atoms with E-state index in [-0.39, 0.29) is 6.04 Å². The molecular formula is C18H20N2O3S. The number of rotatable bonds is 4. The third-order valence-corrected chi connectivity index (χ3v) is 5.02. The average Bonchev–Trinajstić information content (AvgIpc) is 3.01. The van der Waals surface area contributed by atoms with Crippen molar-refractivity contribution in [3.8, 4) is 5.75 Å². The molecule has 5 nitrogen and oxygen atoms in total. The molecule has 3 rings (SSSR count). The number of hydrogen-bond acceptors (Lipinski definition) is 4. The van der Waals surface area contributed by atoms with Crippen LogP contribution >= 0.6 is 0 Å². The average molecular weight is 344 g/mol. The van der Waals surface area contributed by atoms with Gasteiger partial charge in [0.05, 0.1) is 25.1 Å². The van der Waals surface area contributed by atoms with Crippen LogP contribution in [0.2, 0.25) is 0 Å². The van der Waals surface area contributed by atoms with E-state index in [2.05, 4.69) is 5.43 Å². The molecular weight excluding hydrogens is 324 g/mol. The largest absolute Gasteiger partial charge is 0.497 e. The quantitative estimate of drug-likeness (QED) is 0.926. The van der Waals surface area contributed by atoms with Gasteiger partial charge in [-0.05, 0) is 48.4 Å². The summed E-state index contributed by atoms with van der Waals surface area (Å²) >= 11 is 0. The predicted octanol–water partition coefficient (Wildman–Crippen LogP) is 2.87. The molecule has 0 amide bonds. The van der Waals surface area contributed by atoms with Crippen molar-refractivity contribution in [2.45, 2.75) is 13.0 Å². The van der Waals surface area contributed by atoms with Crippen LogP contribution in [-0.2, 0) is 10.0 Å².